The van der Waals surface area contributed by atoms with Gasteiger partial charge < -0.3 is 5.32 Å². The highest BCUT2D eigenvalue weighted by molar-refractivity contribution is 5.35. The maximum absolute atomic E-state index is 13.3. The first kappa shape index (κ1) is 12.9. The van der Waals surface area contributed by atoms with Crippen LogP contribution in [0.1, 0.15) is 12.5 Å². The first-order valence-corrected chi connectivity index (χ1v) is 5.95. The average Bonchev–Trinajstić information content (AvgIpc) is 2.31. The van der Waals surface area contributed by atoms with Crippen LogP contribution in [0, 0.1) is 15.9 Å². The van der Waals surface area contributed by atoms with Crippen molar-refractivity contribution in [2.24, 2.45) is 0 Å². The molecule has 1 heterocycles. The number of piperazine rings is 1. The smallest absolute Gasteiger partial charge is 0.272 e. The molecule has 0 bridgehead atoms. The normalized spacial score (nSPS) is 20.9. The minimum atomic E-state index is -0.562. The summed E-state index contributed by atoms with van der Waals surface area (Å²) >= 11 is 0. The number of nitro groups is 1. The van der Waals surface area contributed by atoms with Gasteiger partial charge in [-0.2, -0.15) is 0 Å². The summed E-state index contributed by atoms with van der Waals surface area (Å²) in [5, 5.41) is 13.9. The van der Waals surface area contributed by atoms with Crippen molar-refractivity contribution in [3.63, 3.8) is 0 Å². The lowest BCUT2D eigenvalue weighted by Crippen LogP contribution is -2.49. The topological polar surface area (TPSA) is 58.4 Å². The SMILES string of the molecule is C[C@H]1CNCCN1Cc1cc(F)cc([N+](=O)[O-])c1. The van der Waals surface area contributed by atoms with E-state index in [0.29, 0.717) is 18.2 Å². The molecule has 0 aromatic heterocycles. The molecule has 0 amide bonds. The molecular weight excluding hydrogens is 237 g/mol. The standard InChI is InChI=1S/C12H16FN3O2/c1-9-7-14-2-3-15(9)8-10-4-11(13)6-12(5-10)16(17)18/h4-6,9,14H,2-3,7-8H2,1H3/t9-/m0/s1. The van der Waals surface area contributed by atoms with Crippen LogP contribution in [0.4, 0.5) is 10.1 Å². The van der Waals surface area contributed by atoms with E-state index in [1.807, 2.05) is 0 Å². The molecule has 5 nitrogen and oxygen atoms in total. The van der Waals surface area contributed by atoms with Gasteiger partial charge in [0, 0.05) is 38.3 Å². The predicted octanol–water partition coefficient (Wildman–Crippen LogP) is 1.53. The molecule has 2 rings (SSSR count). The zero-order valence-corrected chi connectivity index (χ0v) is 10.2. The van der Waals surface area contributed by atoms with E-state index in [1.54, 1.807) is 0 Å². The number of hydrogen-bond acceptors (Lipinski definition) is 4. The Balaban J connectivity index is 2.15. The second-order valence-corrected chi connectivity index (χ2v) is 4.60. The summed E-state index contributed by atoms with van der Waals surface area (Å²) in [4.78, 5) is 12.3. The first-order chi connectivity index (χ1) is 8.56. The quantitative estimate of drug-likeness (QED) is 0.655. The highest BCUT2D eigenvalue weighted by Crippen LogP contribution is 2.18. The number of halogens is 1. The molecule has 0 radical (unpaired) electrons. The van der Waals surface area contributed by atoms with E-state index < -0.39 is 10.7 Å². The minimum absolute atomic E-state index is 0.187. The Morgan fingerprint density at radius 2 is 2.33 bits per heavy atom. The Morgan fingerprint density at radius 1 is 1.56 bits per heavy atom. The van der Waals surface area contributed by atoms with Crippen LogP contribution in [-0.2, 0) is 6.54 Å². The lowest BCUT2D eigenvalue weighted by atomic mass is 10.1. The van der Waals surface area contributed by atoms with E-state index in [0.717, 1.165) is 25.7 Å². The van der Waals surface area contributed by atoms with Crippen molar-refractivity contribution in [3.05, 3.63) is 39.7 Å². The summed E-state index contributed by atoms with van der Waals surface area (Å²) in [6, 6.07) is 4.10. The third-order valence-corrected chi connectivity index (χ3v) is 3.18. The molecule has 1 fully saturated rings. The summed E-state index contributed by atoms with van der Waals surface area (Å²) in [6.45, 7) is 5.27. The molecular formula is C12H16FN3O2. The molecule has 0 saturated carbocycles. The zero-order valence-electron chi connectivity index (χ0n) is 10.2. The highest BCUT2D eigenvalue weighted by atomic mass is 19.1. The van der Waals surface area contributed by atoms with Crippen LogP contribution in [0.3, 0.4) is 0 Å². The van der Waals surface area contributed by atoms with E-state index in [9.17, 15) is 14.5 Å². The zero-order chi connectivity index (χ0) is 13.1. The molecule has 0 aliphatic carbocycles. The molecule has 1 saturated heterocycles. The average molecular weight is 253 g/mol. The van der Waals surface area contributed by atoms with E-state index >= 15 is 0 Å². The van der Waals surface area contributed by atoms with Crippen molar-refractivity contribution in [2.45, 2.75) is 19.5 Å². The Labute approximate surface area is 105 Å². The minimum Gasteiger partial charge on any atom is -0.314 e. The molecule has 1 N–H and O–H groups in total. The van der Waals surface area contributed by atoms with Crippen molar-refractivity contribution < 1.29 is 9.31 Å². The maximum atomic E-state index is 13.3. The maximum Gasteiger partial charge on any atom is 0.272 e. The van der Waals surface area contributed by atoms with Gasteiger partial charge in [-0.05, 0) is 18.6 Å². The lowest BCUT2D eigenvalue weighted by Gasteiger charge is -2.33. The lowest BCUT2D eigenvalue weighted by molar-refractivity contribution is -0.385. The van der Waals surface area contributed by atoms with E-state index in [4.69, 9.17) is 0 Å². The molecule has 0 spiro atoms. The van der Waals surface area contributed by atoms with Gasteiger partial charge in [0.1, 0.15) is 5.82 Å². The van der Waals surface area contributed by atoms with Crippen LogP contribution in [0.25, 0.3) is 0 Å². The van der Waals surface area contributed by atoms with Gasteiger partial charge in [-0.3, -0.25) is 15.0 Å². The van der Waals surface area contributed by atoms with Gasteiger partial charge in [0.05, 0.1) is 11.0 Å². The highest BCUT2D eigenvalue weighted by Gasteiger charge is 2.19. The third kappa shape index (κ3) is 3.02. The first-order valence-electron chi connectivity index (χ1n) is 5.95. The number of rotatable bonds is 3. The summed E-state index contributed by atoms with van der Waals surface area (Å²) in [5.74, 6) is -0.554. The number of nitro benzene ring substituents is 1. The second-order valence-electron chi connectivity index (χ2n) is 4.60. The van der Waals surface area contributed by atoms with Gasteiger partial charge in [0.2, 0.25) is 0 Å². The van der Waals surface area contributed by atoms with Crippen LogP contribution in [0.2, 0.25) is 0 Å². The Bertz CT molecular complexity index is 453. The summed E-state index contributed by atoms with van der Waals surface area (Å²) < 4.78 is 13.3. The number of nitrogens with one attached hydrogen (secondary N) is 1. The fourth-order valence-corrected chi connectivity index (χ4v) is 2.18. The Hall–Kier alpha value is -1.53. The molecule has 1 atom stereocenters. The van der Waals surface area contributed by atoms with E-state index in [1.165, 1.54) is 12.1 Å². The molecule has 1 aromatic rings. The molecule has 1 aliphatic rings. The molecule has 98 valence electrons. The molecule has 0 unspecified atom stereocenters. The molecule has 6 heteroatoms. The van der Waals surface area contributed by atoms with Gasteiger partial charge >= 0.3 is 0 Å². The van der Waals surface area contributed by atoms with E-state index in [2.05, 4.69) is 17.1 Å². The Kier molecular flexibility index (Phi) is 3.88. The Morgan fingerprint density at radius 3 is 3.00 bits per heavy atom. The van der Waals surface area contributed by atoms with Gasteiger partial charge in [-0.1, -0.05) is 0 Å². The van der Waals surface area contributed by atoms with Crippen LogP contribution in [-0.4, -0.2) is 35.5 Å². The van der Waals surface area contributed by atoms with Crippen molar-refractivity contribution in [1.29, 1.82) is 0 Å². The van der Waals surface area contributed by atoms with E-state index in [-0.39, 0.29) is 5.69 Å². The van der Waals surface area contributed by atoms with Gasteiger partial charge in [0.15, 0.2) is 0 Å². The fraction of sp³-hybridized carbons (Fsp3) is 0.500. The van der Waals surface area contributed by atoms with Crippen LogP contribution >= 0.6 is 0 Å². The predicted molar refractivity (Wildman–Crippen MR) is 65.8 cm³/mol. The molecule has 18 heavy (non-hydrogen) atoms. The summed E-state index contributed by atoms with van der Waals surface area (Å²) in [5.41, 5.74) is 0.461. The number of hydrogen-bond donors (Lipinski definition) is 1. The summed E-state index contributed by atoms with van der Waals surface area (Å²) in [7, 11) is 0. The van der Waals surface area contributed by atoms with Crippen molar-refractivity contribution >= 4 is 5.69 Å². The fourth-order valence-electron chi connectivity index (χ4n) is 2.18. The van der Waals surface area contributed by atoms with Crippen LogP contribution in [0.15, 0.2) is 18.2 Å². The number of nitrogens with zero attached hydrogens (tertiary/aromatic N) is 2. The molecule has 1 aliphatic heterocycles. The number of non-ortho nitro benzene ring substituents is 1. The summed E-state index contributed by atoms with van der Waals surface area (Å²) in [6.07, 6.45) is 0. The van der Waals surface area contributed by atoms with Crippen LogP contribution in [0.5, 0.6) is 0 Å². The van der Waals surface area contributed by atoms with Crippen molar-refractivity contribution in [1.82, 2.24) is 10.2 Å². The largest absolute Gasteiger partial charge is 0.314 e. The number of benzene rings is 1. The van der Waals surface area contributed by atoms with Crippen molar-refractivity contribution in [3.8, 4) is 0 Å². The van der Waals surface area contributed by atoms with Gasteiger partial charge in [-0.15, -0.1) is 0 Å². The van der Waals surface area contributed by atoms with Crippen LogP contribution < -0.4 is 5.32 Å². The van der Waals surface area contributed by atoms with Gasteiger partial charge in [-0.25, -0.2) is 4.39 Å². The van der Waals surface area contributed by atoms with Crippen molar-refractivity contribution in [2.75, 3.05) is 19.6 Å². The van der Waals surface area contributed by atoms with Gasteiger partial charge in [0.25, 0.3) is 5.69 Å². The second kappa shape index (κ2) is 5.41. The third-order valence-electron chi connectivity index (χ3n) is 3.18. The molecule has 1 aromatic carbocycles. The monoisotopic (exact) mass is 253 g/mol.